The highest BCUT2D eigenvalue weighted by Gasteiger charge is 2.07. The number of nitrogens with zero attached hydrogens (tertiary/aromatic N) is 1. The fraction of sp³-hybridized carbons (Fsp3) is 0.600. The van der Waals surface area contributed by atoms with Gasteiger partial charge in [-0.3, -0.25) is 4.79 Å². The van der Waals surface area contributed by atoms with Crippen LogP contribution in [0.3, 0.4) is 0 Å². The van der Waals surface area contributed by atoms with E-state index in [9.17, 15) is 4.79 Å². The van der Waals surface area contributed by atoms with Crippen molar-refractivity contribution in [3.63, 3.8) is 0 Å². The lowest BCUT2D eigenvalue weighted by atomic mass is 10.1. The summed E-state index contributed by atoms with van der Waals surface area (Å²) in [5, 5.41) is 8.46. The zero-order valence-electron chi connectivity index (χ0n) is 8.49. The van der Waals surface area contributed by atoms with Crippen molar-refractivity contribution < 1.29 is 14.3 Å². The first-order valence-electron chi connectivity index (χ1n) is 4.73. The first kappa shape index (κ1) is 10.8. The Balaban J connectivity index is 2.46. The number of aryl methyl sites for hydroxylation is 1. The number of oxazole rings is 1. The lowest BCUT2D eigenvalue weighted by Crippen LogP contribution is -1.98. The van der Waals surface area contributed by atoms with Crippen LogP contribution in [0.25, 0.3) is 0 Å². The van der Waals surface area contributed by atoms with Gasteiger partial charge in [0, 0.05) is 6.42 Å². The van der Waals surface area contributed by atoms with Gasteiger partial charge in [0.15, 0.2) is 5.89 Å². The summed E-state index contributed by atoms with van der Waals surface area (Å²) in [4.78, 5) is 14.5. The largest absolute Gasteiger partial charge is 0.481 e. The molecule has 4 heteroatoms. The molecule has 1 N–H and O–H groups in total. The van der Waals surface area contributed by atoms with Crippen molar-refractivity contribution in [2.75, 3.05) is 0 Å². The second-order valence-corrected chi connectivity index (χ2v) is 3.72. The molecule has 0 bridgehead atoms. The molecule has 1 aromatic rings. The van der Waals surface area contributed by atoms with E-state index in [0.717, 1.165) is 12.1 Å². The predicted molar refractivity (Wildman–Crippen MR) is 51.0 cm³/mol. The Morgan fingerprint density at radius 2 is 2.36 bits per heavy atom. The number of aromatic nitrogens is 1. The van der Waals surface area contributed by atoms with E-state index in [1.165, 1.54) is 0 Å². The Morgan fingerprint density at radius 3 is 2.93 bits per heavy atom. The topological polar surface area (TPSA) is 63.3 Å². The fourth-order valence-electron chi connectivity index (χ4n) is 1.19. The van der Waals surface area contributed by atoms with Crippen LogP contribution in [0.1, 0.15) is 31.9 Å². The predicted octanol–water partition coefficient (Wildman–Crippen LogP) is 1.89. The van der Waals surface area contributed by atoms with Crippen molar-refractivity contribution in [2.45, 2.75) is 33.1 Å². The van der Waals surface area contributed by atoms with E-state index in [1.807, 2.05) is 0 Å². The Kier molecular flexibility index (Phi) is 3.68. The summed E-state index contributed by atoms with van der Waals surface area (Å²) in [5.41, 5.74) is 0.903. The smallest absolute Gasteiger partial charge is 0.303 e. The standard InChI is InChI=1S/C10H15NO3/c1-7(2)5-8-6-14-9(11-8)3-4-10(12)13/h6-7H,3-5H2,1-2H3,(H,12,13). The SMILES string of the molecule is CC(C)Cc1coc(CCC(=O)O)n1. The van der Waals surface area contributed by atoms with Gasteiger partial charge in [-0.2, -0.15) is 0 Å². The summed E-state index contributed by atoms with van der Waals surface area (Å²) in [5.74, 6) is 0.226. The Labute approximate surface area is 83.0 Å². The van der Waals surface area contributed by atoms with E-state index in [0.29, 0.717) is 18.2 Å². The third-order valence-corrected chi connectivity index (χ3v) is 1.77. The average Bonchev–Trinajstić information content (AvgIpc) is 2.47. The third-order valence-electron chi connectivity index (χ3n) is 1.77. The van der Waals surface area contributed by atoms with Crippen molar-refractivity contribution >= 4 is 5.97 Å². The van der Waals surface area contributed by atoms with Crippen LogP contribution in [0.2, 0.25) is 0 Å². The highest BCUT2D eigenvalue weighted by molar-refractivity contribution is 5.66. The molecule has 1 heterocycles. The molecule has 14 heavy (non-hydrogen) atoms. The summed E-state index contributed by atoms with van der Waals surface area (Å²) in [6.07, 6.45) is 2.92. The normalized spacial score (nSPS) is 10.8. The highest BCUT2D eigenvalue weighted by atomic mass is 16.4. The van der Waals surface area contributed by atoms with Crippen molar-refractivity contribution in [1.29, 1.82) is 0 Å². The molecule has 0 fully saturated rings. The summed E-state index contributed by atoms with van der Waals surface area (Å²) in [6, 6.07) is 0. The van der Waals surface area contributed by atoms with Gasteiger partial charge < -0.3 is 9.52 Å². The molecule has 78 valence electrons. The molecule has 0 saturated carbocycles. The molecule has 0 aliphatic rings. The molecule has 4 nitrogen and oxygen atoms in total. The molecule has 0 atom stereocenters. The van der Waals surface area contributed by atoms with Crippen LogP contribution < -0.4 is 0 Å². The van der Waals surface area contributed by atoms with Gasteiger partial charge in [0.2, 0.25) is 0 Å². The van der Waals surface area contributed by atoms with Crippen LogP contribution in [0.5, 0.6) is 0 Å². The number of carboxylic acids is 1. The minimum atomic E-state index is -0.825. The molecular formula is C10H15NO3. The Hall–Kier alpha value is -1.32. The minimum Gasteiger partial charge on any atom is -0.481 e. The van der Waals surface area contributed by atoms with Crippen LogP contribution in [-0.2, 0) is 17.6 Å². The first-order chi connectivity index (χ1) is 6.58. The van der Waals surface area contributed by atoms with Crippen molar-refractivity contribution in [1.82, 2.24) is 4.98 Å². The van der Waals surface area contributed by atoms with Crippen molar-refractivity contribution in [3.8, 4) is 0 Å². The van der Waals surface area contributed by atoms with Crippen LogP contribution in [0, 0.1) is 5.92 Å². The number of rotatable bonds is 5. The van der Waals surface area contributed by atoms with Crippen LogP contribution in [0.4, 0.5) is 0 Å². The molecule has 1 rings (SSSR count). The Morgan fingerprint density at radius 1 is 1.64 bits per heavy atom. The quantitative estimate of drug-likeness (QED) is 0.782. The van der Waals surface area contributed by atoms with Gasteiger partial charge in [0.1, 0.15) is 6.26 Å². The average molecular weight is 197 g/mol. The summed E-state index contributed by atoms with van der Waals surface area (Å²) < 4.78 is 5.14. The van der Waals surface area contributed by atoms with Gasteiger partial charge in [-0.25, -0.2) is 4.98 Å². The monoisotopic (exact) mass is 197 g/mol. The van der Waals surface area contributed by atoms with E-state index < -0.39 is 5.97 Å². The lowest BCUT2D eigenvalue weighted by Gasteiger charge is -1.97. The molecule has 1 aromatic heterocycles. The van der Waals surface area contributed by atoms with E-state index >= 15 is 0 Å². The van der Waals surface area contributed by atoms with Gasteiger partial charge in [-0.15, -0.1) is 0 Å². The van der Waals surface area contributed by atoms with Gasteiger partial charge >= 0.3 is 5.97 Å². The second kappa shape index (κ2) is 4.79. The number of aliphatic carboxylic acids is 1. The number of hydrogen-bond donors (Lipinski definition) is 1. The van der Waals surface area contributed by atoms with Crippen molar-refractivity contribution in [2.24, 2.45) is 5.92 Å². The maximum atomic E-state index is 10.3. The molecule has 0 aromatic carbocycles. The van der Waals surface area contributed by atoms with Gasteiger partial charge in [-0.1, -0.05) is 13.8 Å². The highest BCUT2D eigenvalue weighted by Crippen LogP contribution is 2.09. The zero-order chi connectivity index (χ0) is 10.6. The summed E-state index contributed by atoms with van der Waals surface area (Å²) in [7, 11) is 0. The number of carboxylic acid groups (broad SMARTS) is 1. The maximum Gasteiger partial charge on any atom is 0.303 e. The molecular weight excluding hydrogens is 182 g/mol. The van der Waals surface area contributed by atoms with Crippen LogP contribution in [0.15, 0.2) is 10.7 Å². The molecule has 0 spiro atoms. The van der Waals surface area contributed by atoms with Gasteiger partial charge in [-0.05, 0) is 12.3 Å². The number of carbonyl (C=O) groups is 1. The molecule has 0 unspecified atom stereocenters. The first-order valence-corrected chi connectivity index (χ1v) is 4.73. The van der Waals surface area contributed by atoms with E-state index in [1.54, 1.807) is 6.26 Å². The number of hydrogen-bond acceptors (Lipinski definition) is 3. The zero-order valence-corrected chi connectivity index (χ0v) is 8.49. The van der Waals surface area contributed by atoms with Crippen LogP contribution >= 0.6 is 0 Å². The third kappa shape index (κ3) is 3.60. The minimum absolute atomic E-state index is 0.0711. The van der Waals surface area contributed by atoms with E-state index in [4.69, 9.17) is 9.52 Å². The lowest BCUT2D eigenvalue weighted by molar-refractivity contribution is -0.137. The van der Waals surface area contributed by atoms with Crippen LogP contribution in [-0.4, -0.2) is 16.1 Å². The second-order valence-electron chi connectivity index (χ2n) is 3.72. The fourth-order valence-corrected chi connectivity index (χ4v) is 1.19. The van der Waals surface area contributed by atoms with Gasteiger partial charge in [0.05, 0.1) is 12.1 Å². The van der Waals surface area contributed by atoms with E-state index in [2.05, 4.69) is 18.8 Å². The summed E-state index contributed by atoms with van der Waals surface area (Å²) in [6.45, 7) is 4.21. The maximum absolute atomic E-state index is 10.3. The van der Waals surface area contributed by atoms with E-state index in [-0.39, 0.29) is 6.42 Å². The molecule has 0 radical (unpaired) electrons. The van der Waals surface area contributed by atoms with Gasteiger partial charge in [0.25, 0.3) is 0 Å². The molecule has 0 aliphatic heterocycles. The molecule has 0 amide bonds. The summed E-state index contributed by atoms with van der Waals surface area (Å²) >= 11 is 0. The molecule has 0 saturated heterocycles. The van der Waals surface area contributed by atoms with Crippen molar-refractivity contribution in [3.05, 3.63) is 17.8 Å². The molecule has 0 aliphatic carbocycles. The Bertz CT molecular complexity index is 304.